The van der Waals surface area contributed by atoms with Crippen molar-refractivity contribution in [1.29, 1.82) is 5.26 Å². The van der Waals surface area contributed by atoms with Crippen molar-refractivity contribution in [3.05, 3.63) is 75.6 Å². The Balaban J connectivity index is 1.65. The summed E-state index contributed by atoms with van der Waals surface area (Å²) in [7, 11) is 0. The topological polar surface area (TPSA) is 109 Å². The molecule has 0 aliphatic rings. The average Bonchev–Trinajstić information content (AvgIpc) is 2.67. The van der Waals surface area contributed by atoms with Gasteiger partial charge in [-0.05, 0) is 43.3 Å². The van der Waals surface area contributed by atoms with E-state index in [4.69, 9.17) is 14.4 Å². The number of hydrogen-bond donors (Lipinski definition) is 1. The van der Waals surface area contributed by atoms with E-state index in [9.17, 15) is 14.4 Å². The minimum Gasteiger partial charge on any atom is -0.450 e. The number of aryl methyl sites for hydroxylation is 1. The molecule has 0 aliphatic carbocycles. The minimum atomic E-state index is -0.912. The summed E-state index contributed by atoms with van der Waals surface area (Å²) >= 11 is 0. The Bertz CT molecular complexity index is 1120. The first-order chi connectivity index (χ1) is 13.0. The molecule has 3 rings (SSSR count). The highest BCUT2D eigenvalue weighted by Gasteiger charge is 2.15. The first-order valence-corrected chi connectivity index (χ1v) is 7.98. The van der Waals surface area contributed by atoms with Crippen LogP contribution in [0.4, 0.5) is 5.69 Å². The van der Waals surface area contributed by atoms with Crippen LogP contribution in [0.2, 0.25) is 0 Å². The number of nitrogens with one attached hydrogen (secondary N) is 1. The van der Waals surface area contributed by atoms with Gasteiger partial charge in [0.25, 0.3) is 5.91 Å². The predicted octanol–water partition coefficient (Wildman–Crippen LogP) is 2.77. The number of hydrogen-bond acceptors (Lipinski definition) is 6. The van der Waals surface area contributed by atoms with Crippen molar-refractivity contribution >= 4 is 28.5 Å². The van der Waals surface area contributed by atoms with Gasteiger partial charge in [-0.1, -0.05) is 11.6 Å². The molecule has 0 fully saturated rings. The molecule has 0 saturated carbocycles. The van der Waals surface area contributed by atoms with E-state index in [1.54, 1.807) is 42.5 Å². The van der Waals surface area contributed by atoms with Crippen molar-refractivity contribution < 1.29 is 18.7 Å². The lowest BCUT2D eigenvalue weighted by atomic mass is 10.1. The summed E-state index contributed by atoms with van der Waals surface area (Å²) in [5.41, 5.74) is 1.71. The Morgan fingerprint density at radius 3 is 2.59 bits per heavy atom. The van der Waals surface area contributed by atoms with Crippen LogP contribution >= 0.6 is 0 Å². The van der Waals surface area contributed by atoms with Gasteiger partial charge in [0.05, 0.1) is 17.0 Å². The quantitative estimate of drug-likeness (QED) is 0.715. The van der Waals surface area contributed by atoms with E-state index in [-0.39, 0.29) is 16.8 Å². The fraction of sp³-hybridized carbons (Fsp3) is 0.100. The van der Waals surface area contributed by atoms with Crippen LogP contribution in [-0.4, -0.2) is 18.5 Å². The normalized spacial score (nSPS) is 10.2. The zero-order chi connectivity index (χ0) is 19.4. The van der Waals surface area contributed by atoms with E-state index in [1.165, 1.54) is 0 Å². The van der Waals surface area contributed by atoms with Gasteiger partial charge >= 0.3 is 5.97 Å². The molecule has 1 heterocycles. The van der Waals surface area contributed by atoms with E-state index in [0.717, 1.165) is 11.6 Å². The highest BCUT2D eigenvalue weighted by atomic mass is 16.5. The van der Waals surface area contributed by atoms with Gasteiger partial charge in [0.1, 0.15) is 5.58 Å². The third-order valence-electron chi connectivity index (χ3n) is 3.72. The van der Waals surface area contributed by atoms with Crippen LogP contribution in [0.25, 0.3) is 11.0 Å². The number of benzene rings is 2. The number of anilines is 1. The molecule has 134 valence electrons. The molecule has 2 aromatic carbocycles. The third-order valence-corrected chi connectivity index (χ3v) is 3.72. The van der Waals surface area contributed by atoms with Crippen LogP contribution in [0, 0.1) is 18.3 Å². The van der Waals surface area contributed by atoms with Crippen LogP contribution in [0.5, 0.6) is 0 Å². The molecule has 0 spiro atoms. The molecule has 27 heavy (non-hydrogen) atoms. The van der Waals surface area contributed by atoms with Crippen LogP contribution < -0.4 is 10.7 Å². The summed E-state index contributed by atoms with van der Waals surface area (Å²) in [5.74, 6) is -1.75. The number of ether oxygens (including phenoxy) is 1. The fourth-order valence-corrected chi connectivity index (χ4v) is 2.40. The summed E-state index contributed by atoms with van der Waals surface area (Å²) in [6.07, 6.45) is 0. The molecule has 0 aliphatic heterocycles. The molecule has 0 saturated heterocycles. The standard InChI is InChI=1S/C20H14N2O5/c1-12-2-7-17-15(8-12)16(23)9-18(27-17)20(25)26-11-19(24)22-14-5-3-13(10-21)4-6-14/h2-9H,11H2,1H3,(H,22,24). The molecule has 7 heteroatoms. The first-order valence-electron chi connectivity index (χ1n) is 7.98. The van der Waals surface area contributed by atoms with E-state index in [0.29, 0.717) is 16.6 Å². The lowest BCUT2D eigenvalue weighted by Gasteiger charge is -2.07. The molecular weight excluding hydrogens is 348 g/mol. The molecule has 1 N–H and O–H groups in total. The molecule has 0 bridgehead atoms. The second-order valence-electron chi connectivity index (χ2n) is 5.79. The number of carbonyl (C=O) groups excluding carboxylic acids is 2. The first kappa shape index (κ1) is 17.9. The Morgan fingerprint density at radius 1 is 1.15 bits per heavy atom. The number of esters is 1. The Morgan fingerprint density at radius 2 is 1.89 bits per heavy atom. The zero-order valence-corrected chi connectivity index (χ0v) is 14.3. The molecule has 0 radical (unpaired) electrons. The molecule has 3 aromatic rings. The monoisotopic (exact) mass is 362 g/mol. The number of nitriles is 1. The smallest absolute Gasteiger partial charge is 0.374 e. The Kier molecular flexibility index (Phi) is 4.99. The SMILES string of the molecule is Cc1ccc2oc(C(=O)OCC(=O)Nc3ccc(C#N)cc3)cc(=O)c2c1. The van der Waals surface area contributed by atoms with Crippen molar-refractivity contribution in [2.75, 3.05) is 11.9 Å². The van der Waals surface area contributed by atoms with Crippen LogP contribution in [0.1, 0.15) is 21.7 Å². The number of fused-ring (bicyclic) bond motifs is 1. The van der Waals surface area contributed by atoms with Gasteiger partial charge in [0.2, 0.25) is 5.76 Å². The number of rotatable bonds is 4. The van der Waals surface area contributed by atoms with Crippen molar-refractivity contribution in [1.82, 2.24) is 0 Å². The maximum atomic E-state index is 12.1. The number of amides is 1. The van der Waals surface area contributed by atoms with Gasteiger partial charge in [-0.15, -0.1) is 0 Å². The largest absolute Gasteiger partial charge is 0.450 e. The second kappa shape index (κ2) is 7.54. The molecule has 0 unspecified atom stereocenters. The summed E-state index contributed by atoms with van der Waals surface area (Å²) in [6, 6.07) is 14.2. The molecule has 7 nitrogen and oxygen atoms in total. The molecule has 1 amide bonds. The maximum absolute atomic E-state index is 12.1. The van der Waals surface area contributed by atoms with Gasteiger partial charge in [-0.2, -0.15) is 5.26 Å². The van der Waals surface area contributed by atoms with Gasteiger partial charge < -0.3 is 14.5 Å². The van der Waals surface area contributed by atoms with E-state index in [2.05, 4.69) is 5.32 Å². The fourth-order valence-electron chi connectivity index (χ4n) is 2.40. The predicted molar refractivity (Wildman–Crippen MR) is 97.3 cm³/mol. The van der Waals surface area contributed by atoms with Crippen molar-refractivity contribution in [3.8, 4) is 6.07 Å². The van der Waals surface area contributed by atoms with Crippen molar-refractivity contribution in [2.24, 2.45) is 0 Å². The van der Waals surface area contributed by atoms with Crippen molar-refractivity contribution in [3.63, 3.8) is 0 Å². The zero-order valence-electron chi connectivity index (χ0n) is 14.3. The second-order valence-corrected chi connectivity index (χ2v) is 5.79. The lowest BCUT2D eigenvalue weighted by molar-refractivity contribution is -0.119. The summed E-state index contributed by atoms with van der Waals surface area (Å²) < 4.78 is 10.3. The van der Waals surface area contributed by atoms with E-state index < -0.39 is 18.5 Å². The van der Waals surface area contributed by atoms with Crippen LogP contribution in [-0.2, 0) is 9.53 Å². The summed E-state index contributed by atoms with van der Waals surface area (Å²) in [6.45, 7) is 1.29. The van der Waals surface area contributed by atoms with Gasteiger partial charge in [-0.3, -0.25) is 9.59 Å². The number of nitrogens with zero attached hydrogens (tertiary/aromatic N) is 1. The van der Waals surface area contributed by atoms with Crippen molar-refractivity contribution in [2.45, 2.75) is 6.92 Å². The molecule has 1 aromatic heterocycles. The average molecular weight is 362 g/mol. The van der Waals surface area contributed by atoms with Gasteiger partial charge in [0.15, 0.2) is 12.0 Å². The van der Waals surface area contributed by atoms with Crippen LogP contribution in [0.3, 0.4) is 0 Å². The maximum Gasteiger partial charge on any atom is 0.374 e. The highest BCUT2D eigenvalue weighted by Crippen LogP contribution is 2.15. The third kappa shape index (κ3) is 4.19. The van der Waals surface area contributed by atoms with E-state index >= 15 is 0 Å². The highest BCUT2D eigenvalue weighted by molar-refractivity contribution is 5.95. The molecular formula is C20H14N2O5. The minimum absolute atomic E-state index is 0.266. The van der Waals surface area contributed by atoms with Gasteiger partial charge in [0, 0.05) is 11.8 Å². The van der Waals surface area contributed by atoms with Gasteiger partial charge in [-0.25, -0.2) is 4.79 Å². The van der Waals surface area contributed by atoms with E-state index in [1.807, 2.05) is 13.0 Å². The summed E-state index contributed by atoms with van der Waals surface area (Å²) in [5, 5.41) is 11.6. The van der Waals surface area contributed by atoms with Crippen LogP contribution in [0.15, 0.2) is 57.7 Å². The number of carbonyl (C=O) groups is 2. The summed E-state index contributed by atoms with van der Waals surface area (Å²) in [4.78, 5) is 36.1. The Labute approximate surface area is 153 Å². The lowest BCUT2D eigenvalue weighted by Crippen LogP contribution is -2.21. The Hall–Kier alpha value is -3.92. The molecule has 0 atom stereocenters.